The van der Waals surface area contributed by atoms with E-state index in [-0.39, 0.29) is 93.3 Å². The lowest BCUT2D eigenvalue weighted by Crippen LogP contribution is -2.59. The third-order valence-electron chi connectivity index (χ3n) is 20.6. The minimum absolute atomic E-state index is 0.0827. The summed E-state index contributed by atoms with van der Waals surface area (Å²) in [4.78, 5) is 168. The standard InChI is InChI=1S/C66H107ClF5N11O11/c1-14-40(4)57-64(94)78(9)36-55(86)76(7)37-56(87)80(11)50(33-45-22-27-47(67)28-23-45)61(91)77(8)35-53(84)74-48(29-24-43-20-25-46(26-21-43)66(70,71)72)60(90)83-38-65(68,69)34-52(83)63(93)82(13)51(32-44-18-16-15-17-19-44)62(92)81(12)49(30-39(2)3)59(89)73-41(5)31-54(85)79(10)42(6)58(88)75-57/h39-52,57H,14-38H2,1-13H3,(H,73,89)(H,74,84)(H,75,88)/t40-,41+,42-,43?,45?,46?,47?,48-,49-,50-,51-,52-,57-/m0/s1. The van der Waals surface area contributed by atoms with Crippen molar-refractivity contribution in [3.8, 4) is 0 Å². The molecule has 534 valence electrons. The summed E-state index contributed by atoms with van der Waals surface area (Å²) < 4.78 is 73.6. The van der Waals surface area contributed by atoms with Gasteiger partial charge in [-0.3, -0.25) is 52.7 Å². The number of nitrogens with zero attached hydrogens (tertiary/aromatic N) is 8. The lowest BCUT2D eigenvalue weighted by atomic mass is 9.79. The van der Waals surface area contributed by atoms with Gasteiger partial charge in [0.1, 0.15) is 42.3 Å². The molecule has 94 heavy (non-hydrogen) atoms. The molecule has 9 atom stereocenters. The van der Waals surface area contributed by atoms with Crippen LogP contribution in [0, 0.1) is 35.5 Å². The summed E-state index contributed by atoms with van der Waals surface area (Å²) in [5.74, 6) is -14.7. The van der Waals surface area contributed by atoms with E-state index in [1.807, 2.05) is 20.8 Å². The van der Waals surface area contributed by atoms with Gasteiger partial charge in [0, 0.05) is 73.6 Å². The fourth-order valence-corrected chi connectivity index (χ4v) is 14.2. The van der Waals surface area contributed by atoms with Crippen LogP contribution in [0.3, 0.4) is 0 Å². The Balaban J connectivity index is 1.57. The predicted octanol–water partition coefficient (Wildman–Crippen LogP) is 6.20. The van der Waals surface area contributed by atoms with Gasteiger partial charge in [0.15, 0.2) is 0 Å². The second-order valence-corrected chi connectivity index (χ2v) is 29.1. The SMILES string of the molecule is CC[C@H](C)[C@@H]1NC(=O)[C@H](C)N(C)C(=O)C[C@@H](C)NC(=O)[C@H](CC(C)C)N(C)C(=O)[C@H](CC2CCCCC2)N(C)C(=O)[C@@H]2CC(F)(F)CN2C(=O)[C@H](CCC2CCC(C(F)(F)F)CC2)NC(=O)CN(C)C(=O)[C@H](CC2CCC(Cl)CC2)N(C)C(=O)CN(C)C(=O)CN(C)C1=O. The molecule has 0 spiro atoms. The summed E-state index contributed by atoms with van der Waals surface area (Å²) >= 11 is 6.47. The van der Waals surface area contributed by atoms with E-state index in [0.717, 1.165) is 38.9 Å². The number of amides is 11. The van der Waals surface area contributed by atoms with Gasteiger partial charge in [-0.25, -0.2) is 8.78 Å². The summed E-state index contributed by atoms with van der Waals surface area (Å²) in [5.41, 5.74) is 0. The van der Waals surface area contributed by atoms with Crippen LogP contribution in [0.15, 0.2) is 0 Å². The quantitative estimate of drug-likeness (QED) is 0.155. The minimum atomic E-state index is -4.42. The van der Waals surface area contributed by atoms with Crippen molar-refractivity contribution in [1.82, 2.24) is 55.1 Å². The molecule has 0 unspecified atom stereocenters. The lowest BCUT2D eigenvalue weighted by molar-refractivity contribution is -0.184. The van der Waals surface area contributed by atoms with E-state index in [1.165, 1.54) is 71.0 Å². The Morgan fingerprint density at radius 1 is 0.553 bits per heavy atom. The number of halogens is 6. The van der Waals surface area contributed by atoms with Crippen LogP contribution in [0.1, 0.15) is 176 Å². The normalized spacial score (nSPS) is 31.0. The van der Waals surface area contributed by atoms with Gasteiger partial charge in [0.25, 0.3) is 5.92 Å². The third-order valence-corrected chi connectivity index (χ3v) is 21.1. The van der Waals surface area contributed by atoms with Gasteiger partial charge in [-0.15, -0.1) is 11.6 Å². The van der Waals surface area contributed by atoms with E-state index in [0.29, 0.717) is 49.8 Å². The smallest absolute Gasteiger partial charge is 0.351 e. The average molecular weight is 1360 g/mol. The van der Waals surface area contributed by atoms with Crippen LogP contribution >= 0.6 is 11.6 Å². The summed E-state index contributed by atoms with van der Waals surface area (Å²) in [6.45, 7) is 7.17. The molecule has 3 N–H and O–H groups in total. The van der Waals surface area contributed by atoms with Crippen molar-refractivity contribution < 1.29 is 74.7 Å². The summed E-state index contributed by atoms with van der Waals surface area (Å²) in [6.07, 6.45) is 1.04. The maximum absolute atomic E-state index is 16.1. The number of likely N-dealkylation sites (N-methyl/N-ethyl adjacent to an activating group) is 7. The number of alkyl halides is 6. The largest absolute Gasteiger partial charge is 0.391 e. The van der Waals surface area contributed by atoms with Crippen molar-refractivity contribution in [3.63, 3.8) is 0 Å². The van der Waals surface area contributed by atoms with Crippen molar-refractivity contribution in [3.05, 3.63) is 0 Å². The van der Waals surface area contributed by atoms with Crippen LogP contribution in [-0.4, -0.2) is 246 Å². The molecule has 2 aliphatic heterocycles. The highest BCUT2D eigenvalue weighted by atomic mass is 35.5. The van der Waals surface area contributed by atoms with Crippen LogP contribution in [0.5, 0.6) is 0 Å². The zero-order valence-electron chi connectivity index (χ0n) is 57.7. The topological polar surface area (TPSA) is 250 Å². The molecule has 5 rings (SSSR count). The molecule has 5 aliphatic rings. The maximum atomic E-state index is 16.1. The van der Waals surface area contributed by atoms with Crippen LogP contribution in [0.4, 0.5) is 22.0 Å². The molecular weight excluding hydrogens is 1250 g/mol. The van der Waals surface area contributed by atoms with Crippen molar-refractivity contribution in [1.29, 1.82) is 0 Å². The minimum Gasteiger partial charge on any atom is -0.351 e. The Morgan fingerprint density at radius 2 is 1.10 bits per heavy atom. The summed E-state index contributed by atoms with van der Waals surface area (Å²) in [7, 11) is 9.49. The summed E-state index contributed by atoms with van der Waals surface area (Å²) in [5, 5.41) is 8.15. The predicted molar refractivity (Wildman–Crippen MR) is 343 cm³/mol. The monoisotopic (exact) mass is 1360 g/mol. The highest BCUT2D eigenvalue weighted by Gasteiger charge is 2.53. The number of fused-ring (bicyclic) bond motifs is 1. The molecule has 0 bridgehead atoms. The lowest BCUT2D eigenvalue weighted by Gasteiger charge is -2.39. The third kappa shape index (κ3) is 21.8. The van der Waals surface area contributed by atoms with Gasteiger partial charge in [-0.05, 0) is 127 Å². The fraction of sp³-hybridized carbons (Fsp3) is 0.833. The Morgan fingerprint density at radius 3 is 1.67 bits per heavy atom. The zero-order valence-corrected chi connectivity index (χ0v) is 58.4. The first kappa shape index (κ1) is 78.8. The number of rotatable bonds is 11. The first-order chi connectivity index (χ1) is 43.8. The molecule has 5 fully saturated rings. The zero-order chi connectivity index (χ0) is 70.4. The van der Waals surface area contributed by atoms with Gasteiger partial charge < -0.3 is 55.1 Å². The Hall–Kier alpha value is -5.89. The van der Waals surface area contributed by atoms with E-state index >= 15 is 23.2 Å². The van der Waals surface area contributed by atoms with E-state index in [2.05, 4.69) is 16.0 Å². The first-order valence-corrected chi connectivity index (χ1v) is 34.4. The average Bonchev–Trinajstić information content (AvgIpc) is 1.60. The van der Waals surface area contributed by atoms with Crippen molar-refractivity contribution in [2.75, 3.05) is 75.5 Å². The highest BCUT2D eigenvalue weighted by molar-refractivity contribution is 6.20. The number of hydrogen-bond donors (Lipinski definition) is 3. The Kier molecular flexibility index (Phi) is 29.2. The van der Waals surface area contributed by atoms with Crippen LogP contribution < -0.4 is 16.0 Å². The molecule has 28 heteroatoms. The van der Waals surface area contributed by atoms with E-state index in [9.17, 15) is 51.5 Å². The molecule has 0 radical (unpaired) electrons. The highest BCUT2D eigenvalue weighted by Crippen LogP contribution is 2.42. The molecule has 22 nitrogen and oxygen atoms in total. The van der Waals surface area contributed by atoms with Gasteiger partial charge in [0.05, 0.1) is 32.1 Å². The number of carbonyl (C=O) groups is 11. The van der Waals surface area contributed by atoms with E-state index in [1.54, 1.807) is 13.8 Å². The molecule has 2 heterocycles. The molecule has 11 amide bonds. The van der Waals surface area contributed by atoms with Gasteiger partial charge in [-0.2, -0.15) is 13.2 Å². The number of nitrogens with one attached hydrogen (secondary N) is 3. The molecule has 0 aromatic carbocycles. The van der Waals surface area contributed by atoms with Crippen molar-refractivity contribution >= 4 is 76.6 Å². The molecule has 3 aliphatic carbocycles. The van der Waals surface area contributed by atoms with Crippen LogP contribution in [0.2, 0.25) is 0 Å². The number of carbonyl (C=O) groups excluding carboxylic acids is 11. The van der Waals surface area contributed by atoms with Crippen LogP contribution in [0.25, 0.3) is 0 Å². The second kappa shape index (κ2) is 34.9. The molecular formula is C66H107ClF5N11O11. The van der Waals surface area contributed by atoms with E-state index < -0.39 is 170 Å². The summed E-state index contributed by atoms with van der Waals surface area (Å²) in [6, 6.07) is -10.4. The van der Waals surface area contributed by atoms with Gasteiger partial charge in [-0.1, -0.05) is 66.2 Å². The van der Waals surface area contributed by atoms with Crippen molar-refractivity contribution in [2.45, 2.75) is 242 Å². The van der Waals surface area contributed by atoms with Crippen LogP contribution in [-0.2, 0) is 52.7 Å². The Bertz CT molecular complexity index is 2660. The van der Waals surface area contributed by atoms with Gasteiger partial charge in [0.2, 0.25) is 65.0 Å². The number of hydrogen-bond acceptors (Lipinski definition) is 11. The molecule has 0 aromatic rings. The fourth-order valence-electron chi connectivity index (χ4n) is 14.0. The molecule has 0 aromatic heterocycles. The second-order valence-electron chi connectivity index (χ2n) is 28.5. The maximum Gasteiger partial charge on any atom is 0.391 e. The van der Waals surface area contributed by atoms with Gasteiger partial charge >= 0.3 is 6.18 Å². The van der Waals surface area contributed by atoms with Crippen molar-refractivity contribution in [2.24, 2.45) is 35.5 Å². The molecule has 3 saturated carbocycles. The first-order valence-electron chi connectivity index (χ1n) is 33.9. The molecule has 2 saturated heterocycles. The Labute approximate surface area is 557 Å². The van der Waals surface area contributed by atoms with E-state index in [4.69, 9.17) is 11.6 Å².